The van der Waals surface area contributed by atoms with Gasteiger partial charge in [-0.05, 0) is 18.2 Å². The molecule has 1 aliphatic rings. The third-order valence-corrected chi connectivity index (χ3v) is 3.91. The zero-order valence-corrected chi connectivity index (χ0v) is 12.3. The largest absolute Gasteiger partial charge is 0.333 e. The van der Waals surface area contributed by atoms with Crippen molar-refractivity contribution in [3.63, 3.8) is 0 Å². The smallest absolute Gasteiger partial charge is 0.127 e. The highest BCUT2D eigenvalue weighted by Crippen LogP contribution is 2.17. The van der Waals surface area contributed by atoms with Gasteiger partial charge in [0.05, 0.1) is 6.54 Å². The summed E-state index contributed by atoms with van der Waals surface area (Å²) in [6.45, 7) is 7.05. The maximum Gasteiger partial charge on any atom is 0.127 e. The molecular formula is C16H21FN4. The lowest BCUT2D eigenvalue weighted by atomic mass is 10.1. The van der Waals surface area contributed by atoms with Crippen molar-refractivity contribution in [3.05, 3.63) is 53.4 Å². The molecular weight excluding hydrogens is 267 g/mol. The van der Waals surface area contributed by atoms with E-state index in [4.69, 9.17) is 0 Å². The average molecular weight is 288 g/mol. The Morgan fingerprint density at radius 1 is 1.33 bits per heavy atom. The first-order valence-electron chi connectivity index (χ1n) is 7.46. The summed E-state index contributed by atoms with van der Waals surface area (Å²) in [7, 11) is 0. The number of rotatable bonds is 5. The van der Waals surface area contributed by atoms with Crippen LogP contribution in [0.5, 0.6) is 0 Å². The van der Waals surface area contributed by atoms with Gasteiger partial charge in [0.25, 0.3) is 0 Å². The molecule has 2 aromatic rings. The molecule has 0 spiro atoms. The summed E-state index contributed by atoms with van der Waals surface area (Å²) in [5, 5.41) is 3.28. The van der Waals surface area contributed by atoms with Gasteiger partial charge in [0.15, 0.2) is 0 Å². The molecule has 0 fully saturated rings. The van der Waals surface area contributed by atoms with Gasteiger partial charge in [-0.2, -0.15) is 0 Å². The predicted octanol–water partition coefficient (Wildman–Crippen LogP) is 2.15. The minimum atomic E-state index is -0.121. The molecule has 0 saturated carbocycles. The van der Waals surface area contributed by atoms with Crippen LogP contribution in [0.15, 0.2) is 30.6 Å². The maximum atomic E-state index is 14.0. The lowest BCUT2D eigenvalue weighted by Crippen LogP contribution is -2.33. The van der Waals surface area contributed by atoms with E-state index in [0.29, 0.717) is 6.54 Å². The molecule has 0 unspecified atom stereocenters. The van der Waals surface area contributed by atoms with Crippen LogP contribution in [0.25, 0.3) is 0 Å². The Morgan fingerprint density at radius 3 is 3.10 bits per heavy atom. The fourth-order valence-electron chi connectivity index (χ4n) is 2.73. The number of hydrogen-bond donors (Lipinski definition) is 1. The normalized spacial score (nSPS) is 15.1. The summed E-state index contributed by atoms with van der Waals surface area (Å²) in [4.78, 5) is 6.59. The lowest BCUT2D eigenvalue weighted by molar-refractivity contribution is 0.206. The quantitative estimate of drug-likeness (QED) is 0.915. The second kappa shape index (κ2) is 6.37. The molecule has 21 heavy (non-hydrogen) atoms. The summed E-state index contributed by atoms with van der Waals surface area (Å²) in [5.41, 5.74) is 1.90. The highest BCUT2D eigenvalue weighted by Gasteiger charge is 2.17. The Kier molecular flexibility index (Phi) is 4.31. The van der Waals surface area contributed by atoms with Crippen molar-refractivity contribution in [2.75, 3.05) is 13.1 Å². The molecule has 1 N–H and O–H groups in total. The number of imidazole rings is 1. The fourth-order valence-corrected chi connectivity index (χ4v) is 2.73. The van der Waals surface area contributed by atoms with E-state index in [1.54, 1.807) is 6.07 Å². The maximum absolute atomic E-state index is 14.0. The van der Waals surface area contributed by atoms with E-state index in [2.05, 4.69) is 26.7 Å². The van der Waals surface area contributed by atoms with Gasteiger partial charge in [0, 0.05) is 44.1 Å². The van der Waals surface area contributed by atoms with E-state index >= 15 is 0 Å². The highest BCUT2D eigenvalue weighted by molar-refractivity contribution is 5.25. The molecule has 1 aliphatic heterocycles. The standard InChI is InChI=1S/C16H21FN4/c1-2-18-10-13-3-4-15(17)14(9-13)11-20-7-8-21-6-5-19-16(21)12-20/h3-6,9,18H,2,7-8,10-12H2,1H3. The minimum absolute atomic E-state index is 0.121. The Morgan fingerprint density at radius 2 is 2.24 bits per heavy atom. The molecule has 2 heterocycles. The monoisotopic (exact) mass is 288 g/mol. The van der Waals surface area contributed by atoms with Crippen LogP contribution in [0.1, 0.15) is 23.9 Å². The molecule has 0 amide bonds. The summed E-state index contributed by atoms with van der Waals surface area (Å²) in [6, 6.07) is 5.40. The summed E-state index contributed by atoms with van der Waals surface area (Å²) < 4.78 is 16.2. The minimum Gasteiger partial charge on any atom is -0.333 e. The van der Waals surface area contributed by atoms with Gasteiger partial charge in [0.1, 0.15) is 11.6 Å². The zero-order valence-electron chi connectivity index (χ0n) is 12.3. The van der Waals surface area contributed by atoms with Crippen molar-refractivity contribution in [1.29, 1.82) is 0 Å². The summed E-state index contributed by atoms with van der Waals surface area (Å²) >= 11 is 0. The third-order valence-electron chi connectivity index (χ3n) is 3.91. The number of halogens is 1. The van der Waals surface area contributed by atoms with Crippen molar-refractivity contribution in [1.82, 2.24) is 19.8 Å². The van der Waals surface area contributed by atoms with E-state index in [1.165, 1.54) is 0 Å². The van der Waals surface area contributed by atoms with E-state index < -0.39 is 0 Å². The van der Waals surface area contributed by atoms with Crippen molar-refractivity contribution >= 4 is 0 Å². The van der Waals surface area contributed by atoms with Crippen molar-refractivity contribution in [3.8, 4) is 0 Å². The van der Waals surface area contributed by atoms with Gasteiger partial charge >= 0.3 is 0 Å². The van der Waals surface area contributed by atoms with E-state index in [1.807, 2.05) is 24.5 Å². The van der Waals surface area contributed by atoms with Crippen LogP contribution in [0.3, 0.4) is 0 Å². The number of fused-ring (bicyclic) bond motifs is 1. The molecule has 0 saturated heterocycles. The second-order valence-corrected chi connectivity index (χ2v) is 5.45. The number of aromatic nitrogens is 2. The van der Waals surface area contributed by atoms with Crippen molar-refractivity contribution in [2.24, 2.45) is 0 Å². The van der Waals surface area contributed by atoms with Gasteiger partial charge in [-0.15, -0.1) is 0 Å². The molecule has 3 rings (SSSR count). The van der Waals surface area contributed by atoms with Gasteiger partial charge < -0.3 is 9.88 Å². The highest BCUT2D eigenvalue weighted by atomic mass is 19.1. The topological polar surface area (TPSA) is 33.1 Å². The van der Waals surface area contributed by atoms with Crippen LogP contribution in [0.4, 0.5) is 4.39 Å². The van der Waals surface area contributed by atoms with Gasteiger partial charge in [0.2, 0.25) is 0 Å². The first-order valence-corrected chi connectivity index (χ1v) is 7.46. The third kappa shape index (κ3) is 3.31. The average Bonchev–Trinajstić information content (AvgIpc) is 2.95. The van der Waals surface area contributed by atoms with Gasteiger partial charge in [-0.1, -0.05) is 19.1 Å². The van der Waals surface area contributed by atoms with Crippen LogP contribution < -0.4 is 5.32 Å². The predicted molar refractivity (Wildman–Crippen MR) is 80.1 cm³/mol. The SMILES string of the molecule is CCNCc1ccc(F)c(CN2CCn3ccnc3C2)c1. The van der Waals surface area contributed by atoms with Crippen LogP contribution >= 0.6 is 0 Å². The van der Waals surface area contributed by atoms with E-state index in [0.717, 1.165) is 49.7 Å². The molecule has 1 aromatic heterocycles. The van der Waals surface area contributed by atoms with E-state index in [9.17, 15) is 4.39 Å². The van der Waals surface area contributed by atoms with Crippen LogP contribution in [0.2, 0.25) is 0 Å². The summed E-state index contributed by atoms with van der Waals surface area (Å²) in [6.07, 6.45) is 3.83. The van der Waals surface area contributed by atoms with E-state index in [-0.39, 0.29) is 5.82 Å². The molecule has 112 valence electrons. The Balaban J connectivity index is 1.70. The molecule has 0 aliphatic carbocycles. The second-order valence-electron chi connectivity index (χ2n) is 5.45. The molecule has 4 nitrogen and oxygen atoms in total. The lowest BCUT2D eigenvalue weighted by Gasteiger charge is -2.27. The van der Waals surface area contributed by atoms with Crippen molar-refractivity contribution < 1.29 is 4.39 Å². The number of hydrogen-bond acceptors (Lipinski definition) is 3. The van der Waals surface area contributed by atoms with Gasteiger partial charge in [-0.3, -0.25) is 4.90 Å². The molecule has 0 atom stereocenters. The Labute approximate surface area is 124 Å². The molecule has 1 aromatic carbocycles. The zero-order chi connectivity index (χ0) is 14.7. The number of nitrogens with zero attached hydrogens (tertiary/aromatic N) is 3. The Hall–Kier alpha value is -1.72. The van der Waals surface area contributed by atoms with Crippen LogP contribution in [-0.4, -0.2) is 27.5 Å². The molecule has 5 heteroatoms. The fraction of sp³-hybridized carbons (Fsp3) is 0.438. The first-order chi connectivity index (χ1) is 10.3. The summed E-state index contributed by atoms with van der Waals surface area (Å²) in [5.74, 6) is 0.939. The molecule has 0 radical (unpaired) electrons. The van der Waals surface area contributed by atoms with Gasteiger partial charge in [-0.25, -0.2) is 9.37 Å². The first kappa shape index (κ1) is 14.2. The number of benzene rings is 1. The number of nitrogens with one attached hydrogen (secondary N) is 1. The van der Waals surface area contributed by atoms with Crippen LogP contribution in [-0.2, 0) is 26.2 Å². The van der Waals surface area contributed by atoms with Crippen molar-refractivity contribution in [2.45, 2.75) is 33.1 Å². The van der Waals surface area contributed by atoms with Crippen LogP contribution in [0, 0.1) is 5.82 Å². The Bertz CT molecular complexity index is 608. The molecule has 0 bridgehead atoms.